The van der Waals surface area contributed by atoms with Crippen LogP contribution in [0, 0.1) is 0 Å². The maximum absolute atomic E-state index is 10.8. The standard InChI is InChI=1S/C4H5N3O2S2/c1-2-11(8,9)7-4-6-5-3-10-4/h2-3H,1H2,(H,6,7). The number of hydrogen-bond donors (Lipinski definition) is 1. The molecule has 1 aromatic heterocycles. The van der Waals surface area contributed by atoms with E-state index in [9.17, 15) is 8.42 Å². The van der Waals surface area contributed by atoms with E-state index >= 15 is 0 Å². The van der Waals surface area contributed by atoms with Crippen molar-refractivity contribution in [3.8, 4) is 0 Å². The lowest BCUT2D eigenvalue weighted by Gasteiger charge is -1.95. The highest BCUT2D eigenvalue weighted by molar-refractivity contribution is 7.95. The summed E-state index contributed by atoms with van der Waals surface area (Å²) in [6, 6.07) is 0. The van der Waals surface area contributed by atoms with Crippen molar-refractivity contribution in [3.63, 3.8) is 0 Å². The highest BCUT2D eigenvalue weighted by atomic mass is 32.2. The number of nitrogens with one attached hydrogen (secondary N) is 1. The molecule has 0 saturated carbocycles. The molecule has 0 aliphatic heterocycles. The highest BCUT2D eigenvalue weighted by Crippen LogP contribution is 2.10. The second kappa shape index (κ2) is 2.97. The van der Waals surface area contributed by atoms with Crippen molar-refractivity contribution in [2.24, 2.45) is 0 Å². The Morgan fingerprint density at radius 2 is 2.45 bits per heavy atom. The van der Waals surface area contributed by atoms with Crippen molar-refractivity contribution in [1.29, 1.82) is 0 Å². The largest absolute Gasteiger partial charge is 0.256 e. The Morgan fingerprint density at radius 3 is 2.91 bits per heavy atom. The molecule has 1 aromatic rings. The first-order chi connectivity index (χ1) is 5.14. The molecule has 1 heterocycles. The van der Waals surface area contributed by atoms with Gasteiger partial charge < -0.3 is 0 Å². The van der Waals surface area contributed by atoms with Crippen LogP contribution in [0.2, 0.25) is 0 Å². The summed E-state index contributed by atoms with van der Waals surface area (Å²) < 4.78 is 23.7. The molecule has 0 aromatic carbocycles. The molecule has 0 bridgehead atoms. The van der Waals surface area contributed by atoms with Gasteiger partial charge in [-0.15, -0.1) is 10.2 Å². The molecule has 1 rings (SSSR count). The number of hydrogen-bond acceptors (Lipinski definition) is 5. The van der Waals surface area contributed by atoms with Gasteiger partial charge in [-0.1, -0.05) is 17.9 Å². The molecule has 5 nitrogen and oxygen atoms in total. The molecule has 0 unspecified atom stereocenters. The van der Waals surface area contributed by atoms with Crippen LogP contribution in [0.15, 0.2) is 17.5 Å². The first-order valence-electron chi connectivity index (χ1n) is 2.55. The van der Waals surface area contributed by atoms with E-state index in [4.69, 9.17) is 0 Å². The molecular weight excluding hydrogens is 186 g/mol. The van der Waals surface area contributed by atoms with Crippen LogP contribution < -0.4 is 4.72 Å². The van der Waals surface area contributed by atoms with Gasteiger partial charge in [0.25, 0.3) is 10.0 Å². The number of sulfonamides is 1. The van der Waals surface area contributed by atoms with E-state index in [0.29, 0.717) is 0 Å². The lowest BCUT2D eigenvalue weighted by atomic mass is 11.3. The van der Waals surface area contributed by atoms with Crippen LogP contribution in [-0.2, 0) is 10.0 Å². The van der Waals surface area contributed by atoms with E-state index in [0.717, 1.165) is 16.7 Å². The highest BCUT2D eigenvalue weighted by Gasteiger charge is 2.05. The van der Waals surface area contributed by atoms with E-state index < -0.39 is 10.0 Å². The SMILES string of the molecule is C=CS(=O)(=O)Nc1nncs1. The summed E-state index contributed by atoms with van der Waals surface area (Å²) in [7, 11) is -3.42. The van der Waals surface area contributed by atoms with Gasteiger partial charge in [-0.3, -0.25) is 4.72 Å². The lowest BCUT2D eigenvalue weighted by molar-refractivity contribution is 0.609. The fourth-order valence-electron chi connectivity index (χ4n) is 0.381. The summed E-state index contributed by atoms with van der Waals surface area (Å²) >= 11 is 1.10. The van der Waals surface area contributed by atoms with Crippen LogP contribution in [0.3, 0.4) is 0 Å². The zero-order valence-electron chi connectivity index (χ0n) is 5.39. The van der Waals surface area contributed by atoms with E-state index in [1.807, 2.05) is 0 Å². The molecule has 0 spiro atoms. The molecule has 7 heteroatoms. The minimum atomic E-state index is -3.42. The smallest absolute Gasteiger partial charge is 0.254 e. The van der Waals surface area contributed by atoms with Crippen LogP contribution in [0.1, 0.15) is 0 Å². The topological polar surface area (TPSA) is 72.0 Å². The Balaban J connectivity index is 2.79. The average Bonchev–Trinajstić information content (AvgIpc) is 2.39. The van der Waals surface area contributed by atoms with E-state index in [1.165, 1.54) is 5.51 Å². The van der Waals surface area contributed by atoms with Crippen molar-refractivity contribution < 1.29 is 8.42 Å². The third kappa shape index (κ3) is 2.28. The maximum Gasteiger partial charge on any atom is 0.256 e. The predicted octanol–water partition coefficient (Wildman–Crippen LogP) is 0.423. The van der Waals surface area contributed by atoms with E-state index in [1.54, 1.807) is 0 Å². The minimum Gasteiger partial charge on any atom is -0.254 e. The lowest BCUT2D eigenvalue weighted by Crippen LogP contribution is -2.07. The van der Waals surface area contributed by atoms with Crippen LogP contribution in [0.5, 0.6) is 0 Å². The third-order valence-electron chi connectivity index (χ3n) is 0.809. The Labute approximate surface area is 67.8 Å². The van der Waals surface area contributed by atoms with E-state index in [-0.39, 0.29) is 5.13 Å². The van der Waals surface area contributed by atoms with Gasteiger partial charge in [0.1, 0.15) is 5.51 Å². The summed E-state index contributed by atoms with van der Waals surface area (Å²) in [6.45, 7) is 3.12. The molecule has 0 amide bonds. The van der Waals surface area contributed by atoms with Gasteiger partial charge in [0.05, 0.1) is 0 Å². The molecule has 0 fully saturated rings. The quantitative estimate of drug-likeness (QED) is 0.751. The molecule has 11 heavy (non-hydrogen) atoms. The molecule has 0 aliphatic rings. The van der Waals surface area contributed by atoms with Crippen LogP contribution in [0.25, 0.3) is 0 Å². The normalized spacial score (nSPS) is 10.9. The zero-order valence-corrected chi connectivity index (χ0v) is 7.02. The predicted molar refractivity (Wildman–Crippen MR) is 42.6 cm³/mol. The number of aromatic nitrogens is 2. The van der Waals surface area contributed by atoms with Gasteiger partial charge in [-0.2, -0.15) is 0 Å². The molecule has 0 saturated heterocycles. The number of nitrogens with zero attached hydrogens (tertiary/aromatic N) is 2. The third-order valence-corrected chi connectivity index (χ3v) is 2.46. The Bertz CT molecular complexity index is 328. The second-order valence-corrected chi connectivity index (χ2v) is 4.02. The molecule has 1 N–H and O–H groups in total. The van der Waals surface area contributed by atoms with Crippen LogP contribution in [-0.4, -0.2) is 18.6 Å². The van der Waals surface area contributed by atoms with Gasteiger partial charge in [-0.25, -0.2) is 8.42 Å². The Kier molecular flexibility index (Phi) is 2.20. The molecule has 0 aliphatic carbocycles. The molecule has 0 radical (unpaired) electrons. The first kappa shape index (κ1) is 8.15. The zero-order chi connectivity index (χ0) is 8.32. The van der Waals surface area contributed by atoms with Gasteiger partial charge in [0.15, 0.2) is 0 Å². The van der Waals surface area contributed by atoms with Crippen molar-refractivity contribution in [2.45, 2.75) is 0 Å². The van der Waals surface area contributed by atoms with Gasteiger partial charge in [0, 0.05) is 5.41 Å². The summed E-state index contributed by atoms with van der Waals surface area (Å²) in [5.74, 6) is 0. The minimum absolute atomic E-state index is 0.241. The summed E-state index contributed by atoms with van der Waals surface area (Å²) in [5.41, 5.74) is 1.43. The number of rotatable bonds is 3. The van der Waals surface area contributed by atoms with Crippen LogP contribution >= 0.6 is 11.3 Å². The van der Waals surface area contributed by atoms with Crippen molar-refractivity contribution >= 4 is 26.5 Å². The van der Waals surface area contributed by atoms with Crippen molar-refractivity contribution in [2.75, 3.05) is 4.72 Å². The van der Waals surface area contributed by atoms with Crippen LogP contribution in [0.4, 0.5) is 5.13 Å². The van der Waals surface area contributed by atoms with Crippen molar-refractivity contribution in [3.05, 3.63) is 17.5 Å². The second-order valence-electron chi connectivity index (χ2n) is 1.56. The molecule has 60 valence electrons. The molecule has 0 atom stereocenters. The van der Waals surface area contributed by atoms with Gasteiger partial charge in [-0.05, 0) is 0 Å². The maximum atomic E-state index is 10.8. The van der Waals surface area contributed by atoms with Gasteiger partial charge in [0.2, 0.25) is 5.13 Å². The van der Waals surface area contributed by atoms with Gasteiger partial charge >= 0.3 is 0 Å². The fourth-order valence-corrected chi connectivity index (χ4v) is 1.58. The Morgan fingerprint density at radius 1 is 1.73 bits per heavy atom. The average molecular weight is 191 g/mol. The monoisotopic (exact) mass is 191 g/mol. The molecular formula is C4H5N3O2S2. The number of anilines is 1. The summed E-state index contributed by atoms with van der Waals surface area (Å²) in [5, 5.41) is 7.98. The fraction of sp³-hybridized carbons (Fsp3) is 0. The van der Waals surface area contributed by atoms with E-state index in [2.05, 4.69) is 21.5 Å². The first-order valence-corrected chi connectivity index (χ1v) is 4.98. The Hall–Kier alpha value is -0.950. The summed E-state index contributed by atoms with van der Waals surface area (Å²) in [4.78, 5) is 0. The van der Waals surface area contributed by atoms with Crippen molar-refractivity contribution in [1.82, 2.24) is 10.2 Å². The summed E-state index contributed by atoms with van der Waals surface area (Å²) in [6.07, 6.45) is 0.